The van der Waals surface area contributed by atoms with Crippen LogP contribution >= 0.6 is 24.2 Å². The molecular weight excluding hydrogens is 234 g/mol. The smallest absolute Gasteiger partial charge is 0.337 e. The van der Waals surface area contributed by atoms with Crippen LogP contribution in [0.25, 0.3) is 0 Å². The maximum atomic E-state index is 10.8. The maximum Gasteiger partial charge on any atom is 0.337 e. The first-order chi connectivity index (χ1) is 7.06. The second-order valence-corrected chi connectivity index (χ2v) is 3.43. The summed E-state index contributed by atoms with van der Waals surface area (Å²) in [6.45, 7) is 0. The van der Waals surface area contributed by atoms with Crippen molar-refractivity contribution in [2.24, 2.45) is 0 Å². The van der Waals surface area contributed by atoms with E-state index in [4.69, 9.17) is 22.4 Å². The summed E-state index contributed by atoms with van der Waals surface area (Å²) in [6.07, 6.45) is 0. The molecule has 1 aromatic carbocycles. The molecule has 0 radical (unpaired) electrons. The number of carboxylic acids is 1. The minimum Gasteiger partial charge on any atom is -0.478 e. The average molecular weight is 242 g/mol. The zero-order valence-electron chi connectivity index (χ0n) is 7.62. The van der Waals surface area contributed by atoms with Gasteiger partial charge in [0, 0.05) is 10.6 Å². The van der Waals surface area contributed by atoms with E-state index < -0.39 is 5.97 Å². The molecule has 0 saturated heterocycles. The number of carboxylic acid groups (broad SMARTS) is 1. The highest BCUT2D eigenvalue weighted by atomic mass is 35.5. The van der Waals surface area contributed by atoms with Gasteiger partial charge in [-0.05, 0) is 12.1 Å². The second-order valence-electron chi connectivity index (χ2n) is 2.68. The van der Waals surface area contributed by atoms with Gasteiger partial charge in [-0.1, -0.05) is 23.4 Å². The van der Waals surface area contributed by atoms with Crippen molar-refractivity contribution >= 4 is 35.9 Å². The number of carbonyl (C=O) groups is 1. The number of rotatable bonds is 1. The standard InChI is InChI=1S/C10H8ClNO2S/c11-7-4-6(2-1-3-15)9(12)8(5-7)10(13)14/h4-5,15H,3,12H2,(H,13,14). The summed E-state index contributed by atoms with van der Waals surface area (Å²) < 4.78 is 0. The maximum absolute atomic E-state index is 10.8. The number of hydrogen-bond donors (Lipinski definition) is 3. The lowest BCUT2D eigenvalue weighted by atomic mass is 10.1. The molecule has 1 aromatic rings. The van der Waals surface area contributed by atoms with Crippen molar-refractivity contribution in [2.75, 3.05) is 11.5 Å². The predicted molar refractivity (Wildman–Crippen MR) is 63.6 cm³/mol. The van der Waals surface area contributed by atoms with E-state index >= 15 is 0 Å². The second kappa shape index (κ2) is 4.96. The summed E-state index contributed by atoms with van der Waals surface area (Å²) in [5.74, 6) is 4.63. The van der Waals surface area contributed by atoms with Gasteiger partial charge >= 0.3 is 5.97 Å². The van der Waals surface area contributed by atoms with Crippen molar-refractivity contribution in [2.45, 2.75) is 0 Å². The summed E-state index contributed by atoms with van der Waals surface area (Å²) in [4.78, 5) is 10.8. The summed E-state index contributed by atoms with van der Waals surface area (Å²) in [5.41, 5.74) is 6.13. The van der Waals surface area contributed by atoms with Crippen LogP contribution in [0.4, 0.5) is 5.69 Å². The van der Waals surface area contributed by atoms with Crippen molar-refractivity contribution in [3.8, 4) is 11.8 Å². The number of nitrogen functional groups attached to an aromatic ring is 1. The van der Waals surface area contributed by atoms with Crippen LogP contribution in [0.2, 0.25) is 5.02 Å². The van der Waals surface area contributed by atoms with Gasteiger partial charge in [0.2, 0.25) is 0 Å². The van der Waals surface area contributed by atoms with Gasteiger partial charge in [0.15, 0.2) is 0 Å². The number of anilines is 1. The average Bonchev–Trinajstić information content (AvgIpc) is 2.18. The van der Waals surface area contributed by atoms with Gasteiger partial charge in [0.1, 0.15) is 0 Å². The molecule has 15 heavy (non-hydrogen) atoms. The van der Waals surface area contributed by atoms with Crippen LogP contribution in [-0.4, -0.2) is 16.8 Å². The van der Waals surface area contributed by atoms with E-state index in [0.717, 1.165) is 0 Å². The van der Waals surface area contributed by atoms with Crippen LogP contribution in [0.15, 0.2) is 12.1 Å². The zero-order chi connectivity index (χ0) is 11.4. The number of hydrogen-bond acceptors (Lipinski definition) is 3. The van der Waals surface area contributed by atoms with Crippen LogP contribution in [0.5, 0.6) is 0 Å². The molecule has 0 atom stereocenters. The molecule has 0 aliphatic heterocycles. The third kappa shape index (κ3) is 2.82. The van der Waals surface area contributed by atoms with Gasteiger partial charge in [0.05, 0.1) is 17.0 Å². The Morgan fingerprint density at radius 3 is 2.80 bits per heavy atom. The minimum absolute atomic E-state index is 0.0361. The van der Waals surface area contributed by atoms with Crippen molar-refractivity contribution in [3.63, 3.8) is 0 Å². The Morgan fingerprint density at radius 1 is 1.60 bits per heavy atom. The first kappa shape index (κ1) is 11.8. The molecule has 0 amide bonds. The quantitative estimate of drug-likeness (QED) is 0.400. The molecule has 0 fully saturated rings. The van der Waals surface area contributed by atoms with Crippen molar-refractivity contribution in [1.29, 1.82) is 0 Å². The van der Waals surface area contributed by atoms with Gasteiger partial charge in [-0.25, -0.2) is 4.79 Å². The number of benzene rings is 1. The molecule has 0 spiro atoms. The Kier molecular flexibility index (Phi) is 3.89. The third-order valence-electron chi connectivity index (χ3n) is 1.68. The van der Waals surface area contributed by atoms with E-state index in [-0.39, 0.29) is 11.3 Å². The normalized spacial score (nSPS) is 9.20. The molecule has 5 heteroatoms. The molecule has 0 heterocycles. The van der Waals surface area contributed by atoms with Crippen LogP contribution in [0.1, 0.15) is 15.9 Å². The van der Waals surface area contributed by atoms with Crippen molar-refractivity contribution in [1.82, 2.24) is 0 Å². The Morgan fingerprint density at radius 2 is 2.27 bits per heavy atom. The van der Waals surface area contributed by atoms with E-state index in [1.807, 2.05) is 0 Å². The van der Waals surface area contributed by atoms with Crippen LogP contribution in [0, 0.1) is 11.8 Å². The molecule has 0 aliphatic carbocycles. The fourth-order valence-electron chi connectivity index (χ4n) is 1.03. The molecule has 1 rings (SSSR count). The topological polar surface area (TPSA) is 63.3 Å². The molecule has 0 unspecified atom stereocenters. The lowest BCUT2D eigenvalue weighted by Crippen LogP contribution is -2.04. The Hall–Kier alpha value is -1.31. The largest absolute Gasteiger partial charge is 0.478 e. The highest BCUT2D eigenvalue weighted by Gasteiger charge is 2.11. The Balaban J connectivity index is 3.34. The summed E-state index contributed by atoms with van der Waals surface area (Å²) in [6, 6.07) is 2.82. The first-order valence-electron chi connectivity index (χ1n) is 3.98. The van der Waals surface area contributed by atoms with E-state index in [2.05, 4.69) is 24.5 Å². The van der Waals surface area contributed by atoms with Crippen LogP contribution in [-0.2, 0) is 0 Å². The fourth-order valence-corrected chi connectivity index (χ4v) is 1.33. The van der Waals surface area contributed by atoms with Crippen molar-refractivity contribution in [3.05, 3.63) is 28.3 Å². The van der Waals surface area contributed by atoms with Gasteiger partial charge in [0.25, 0.3) is 0 Å². The molecule has 3 nitrogen and oxygen atoms in total. The van der Waals surface area contributed by atoms with Gasteiger partial charge < -0.3 is 10.8 Å². The molecule has 0 aliphatic rings. The van der Waals surface area contributed by atoms with Gasteiger partial charge in [-0.3, -0.25) is 0 Å². The van der Waals surface area contributed by atoms with Crippen LogP contribution < -0.4 is 5.73 Å². The van der Waals surface area contributed by atoms with E-state index in [1.165, 1.54) is 12.1 Å². The first-order valence-corrected chi connectivity index (χ1v) is 4.99. The third-order valence-corrected chi connectivity index (χ3v) is 2.05. The van der Waals surface area contributed by atoms with E-state index in [1.54, 1.807) is 0 Å². The van der Waals surface area contributed by atoms with Crippen molar-refractivity contribution < 1.29 is 9.90 Å². The molecular formula is C10H8ClNO2S. The van der Waals surface area contributed by atoms with Gasteiger partial charge in [-0.2, -0.15) is 12.6 Å². The molecule has 0 saturated carbocycles. The summed E-state index contributed by atoms with van der Waals surface area (Å²) >= 11 is 9.65. The Labute approximate surface area is 97.6 Å². The van der Waals surface area contributed by atoms with E-state index in [0.29, 0.717) is 16.3 Å². The summed E-state index contributed by atoms with van der Waals surface area (Å²) in [5, 5.41) is 9.13. The minimum atomic E-state index is -1.12. The molecule has 0 aromatic heterocycles. The van der Waals surface area contributed by atoms with Crippen LogP contribution in [0.3, 0.4) is 0 Å². The summed E-state index contributed by atoms with van der Waals surface area (Å²) in [7, 11) is 0. The molecule has 0 bridgehead atoms. The molecule has 78 valence electrons. The fraction of sp³-hybridized carbons (Fsp3) is 0.100. The number of aromatic carboxylic acids is 1. The lowest BCUT2D eigenvalue weighted by molar-refractivity contribution is 0.0698. The Bertz CT molecular complexity index is 462. The van der Waals surface area contributed by atoms with Gasteiger partial charge in [-0.15, -0.1) is 0 Å². The number of thiol groups is 1. The monoisotopic (exact) mass is 241 g/mol. The number of halogens is 1. The molecule has 3 N–H and O–H groups in total. The number of nitrogens with two attached hydrogens (primary N) is 1. The zero-order valence-corrected chi connectivity index (χ0v) is 9.27. The highest BCUT2D eigenvalue weighted by molar-refractivity contribution is 7.80. The lowest BCUT2D eigenvalue weighted by Gasteiger charge is -2.04. The van der Waals surface area contributed by atoms with E-state index in [9.17, 15) is 4.79 Å². The SMILES string of the molecule is Nc1c(C#CCS)cc(Cl)cc1C(=O)O. The predicted octanol–water partition coefficient (Wildman–Crippen LogP) is 1.90. The highest BCUT2D eigenvalue weighted by Crippen LogP contribution is 2.22.